The van der Waals surface area contributed by atoms with Crippen molar-refractivity contribution in [3.8, 4) is 22.6 Å². The Morgan fingerprint density at radius 2 is 1.63 bits per heavy atom. The molecule has 138 valence electrons. The number of benzene rings is 3. The van der Waals surface area contributed by atoms with Gasteiger partial charge in [-0.25, -0.2) is 4.39 Å². The van der Waals surface area contributed by atoms with Crippen molar-refractivity contribution in [2.45, 2.75) is 20.1 Å². The molecule has 3 aromatic rings. The second kappa shape index (κ2) is 8.01. The van der Waals surface area contributed by atoms with E-state index in [1.54, 1.807) is 19.1 Å². The molecule has 27 heavy (non-hydrogen) atoms. The lowest BCUT2D eigenvalue weighted by Gasteiger charge is -2.18. The standard InChI is InChI=1S/C22H19FO4/c1-14-20(16-7-9-17(23)10-8-16)19(18(11-24)22(26)21(14)25)13-27-12-15-5-3-2-4-6-15/h2-11,25-26H,12-13H2,1H3. The molecule has 0 aliphatic rings. The maximum Gasteiger partial charge on any atom is 0.168 e. The minimum absolute atomic E-state index is 0.0366. The zero-order chi connectivity index (χ0) is 19.4. The van der Waals surface area contributed by atoms with E-state index in [4.69, 9.17) is 4.74 Å². The molecule has 3 rings (SSSR count). The number of hydrogen-bond donors (Lipinski definition) is 2. The van der Waals surface area contributed by atoms with Gasteiger partial charge in [0.1, 0.15) is 5.82 Å². The van der Waals surface area contributed by atoms with E-state index < -0.39 is 11.6 Å². The fourth-order valence-corrected chi connectivity index (χ4v) is 3.06. The Labute approximate surface area is 156 Å². The average Bonchev–Trinajstić information content (AvgIpc) is 2.69. The van der Waals surface area contributed by atoms with Crippen molar-refractivity contribution in [2.24, 2.45) is 0 Å². The van der Waals surface area contributed by atoms with Gasteiger partial charge in [0, 0.05) is 11.1 Å². The molecule has 0 saturated carbocycles. The van der Waals surface area contributed by atoms with Gasteiger partial charge < -0.3 is 14.9 Å². The minimum atomic E-state index is -0.480. The van der Waals surface area contributed by atoms with Crippen molar-refractivity contribution in [2.75, 3.05) is 0 Å². The number of rotatable bonds is 6. The van der Waals surface area contributed by atoms with Gasteiger partial charge in [-0.2, -0.15) is 0 Å². The number of aromatic hydroxyl groups is 2. The number of hydrogen-bond acceptors (Lipinski definition) is 4. The molecule has 0 saturated heterocycles. The summed E-state index contributed by atoms with van der Waals surface area (Å²) in [5.74, 6) is -1.24. The second-order valence-electron chi connectivity index (χ2n) is 6.19. The van der Waals surface area contributed by atoms with Crippen LogP contribution in [0, 0.1) is 12.7 Å². The minimum Gasteiger partial charge on any atom is -0.504 e. The molecule has 5 heteroatoms. The van der Waals surface area contributed by atoms with E-state index in [9.17, 15) is 19.4 Å². The van der Waals surface area contributed by atoms with Crippen molar-refractivity contribution in [3.63, 3.8) is 0 Å². The van der Waals surface area contributed by atoms with Crippen molar-refractivity contribution in [1.82, 2.24) is 0 Å². The average molecular weight is 366 g/mol. The smallest absolute Gasteiger partial charge is 0.168 e. The van der Waals surface area contributed by atoms with E-state index in [2.05, 4.69) is 0 Å². The summed E-state index contributed by atoms with van der Waals surface area (Å²) in [5, 5.41) is 20.4. The van der Waals surface area contributed by atoms with E-state index in [0.717, 1.165) is 5.56 Å². The summed E-state index contributed by atoms with van der Waals surface area (Å²) in [7, 11) is 0. The van der Waals surface area contributed by atoms with Gasteiger partial charge >= 0.3 is 0 Å². The van der Waals surface area contributed by atoms with Crippen LogP contribution in [-0.4, -0.2) is 16.5 Å². The van der Waals surface area contributed by atoms with Gasteiger partial charge in [-0.05, 0) is 35.7 Å². The van der Waals surface area contributed by atoms with Crippen LogP contribution in [0.5, 0.6) is 11.5 Å². The van der Waals surface area contributed by atoms with Crippen LogP contribution in [-0.2, 0) is 18.0 Å². The highest BCUT2D eigenvalue weighted by Gasteiger charge is 2.22. The van der Waals surface area contributed by atoms with Gasteiger partial charge in [-0.3, -0.25) is 4.79 Å². The van der Waals surface area contributed by atoms with Crippen molar-refractivity contribution in [1.29, 1.82) is 0 Å². The van der Waals surface area contributed by atoms with Gasteiger partial charge in [0.2, 0.25) is 0 Å². The molecular formula is C22H19FO4. The van der Waals surface area contributed by atoms with E-state index >= 15 is 0 Å². The molecular weight excluding hydrogens is 347 g/mol. The van der Waals surface area contributed by atoms with Crippen molar-refractivity contribution >= 4 is 6.29 Å². The van der Waals surface area contributed by atoms with Gasteiger partial charge in [0.25, 0.3) is 0 Å². The molecule has 0 amide bonds. The third kappa shape index (κ3) is 3.83. The summed E-state index contributed by atoms with van der Waals surface area (Å²) in [6, 6.07) is 15.3. The normalized spacial score (nSPS) is 10.7. The number of halogens is 1. The maximum absolute atomic E-state index is 13.3. The first-order valence-corrected chi connectivity index (χ1v) is 8.43. The highest BCUT2D eigenvalue weighted by Crippen LogP contribution is 2.42. The van der Waals surface area contributed by atoms with Crippen LogP contribution in [0.3, 0.4) is 0 Å². The molecule has 0 aliphatic carbocycles. The number of phenolic OH excluding ortho intramolecular Hbond substituents is 2. The fourth-order valence-electron chi connectivity index (χ4n) is 3.06. The van der Waals surface area contributed by atoms with Crippen LogP contribution in [0.15, 0.2) is 54.6 Å². The zero-order valence-corrected chi connectivity index (χ0v) is 14.8. The van der Waals surface area contributed by atoms with Crippen LogP contribution in [0.1, 0.15) is 27.0 Å². The number of phenols is 2. The molecule has 0 unspecified atom stereocenters. The van der Waals surface area contributed by atoms with Gasteiger partial charge in [0.15, 0.2) is 17.8 Å². The number of carbonyl (C=O) groups is 1. The topological polar surface area (TPSA) is 66.8 Å². The molecule has 0 fully saturated rings. The molecule has 0 atom stereocenters. The van der Waals surface area contributed by atoms with Crippen LogP contribution < -0.4 is 0 Å². The van der Waals surface area contributed by atoms with Crippen LogP contribution in [0.4, 0.5) is 4.39 Å². The van der Waals surface area contributed by atoms with Crippen molar-refractivity contribution in [3.05, 3.63) is 82.7 Å². The van der Waals surface area contributed by atoms with E-state index in [0.29, 0.717) is 35.1 Å². The zero-order valence-electron chi connectivity index (χ0n) is 14.8. The molecule has 0 heterocycles. The van der Waals surface area contributed by atoms with Crippen LogP contribution >= 0.6 is 0 Å². The lowest BCUT2D eigenvalue weighted by molar-refractivity contribution is 0.103. The second-order valence-corrected chi connectivity index (χ2v) is 6.19. The molecule has 2 N–H and O–H groups in total. The third-order valence-electron chi connectivity index (χ3n) is 4.45. The Morgan fingerprint density at radius 3 is 2.26 bits per heavy atom. The summed E-state index contributed by atoms with van der Waals surface area (Å²) in [6.07, 6.45) is 0.489. The van der Waals surface area contributed by atoms with E-state index in [1.807, 2.05) is 30.3 Å². The van der Waals surface area contributed by atoms with E-state index in [-0.39, 0.29) is 17.9 Å². The lowest BCUT2D eigenvalue weighted by atomic mass is 9.90. The Hall–Kier alpha value is -3.18. The number of aldehydes is 1. The molecule has 4 nitrogen and oxygen atoms in total. The number of ether oxygens (including phenoxy) is 1. The highest BCUT2D eigenvalue weighted by molar-refractivity contribution is 5.90. The highest BCUT2D eigenvalue weighted by atomic mass is 19.1. The summed E-state index contributed by atoms with van der Waals surface area (Å²) in [6.45, 7) is 2.00. The predicted octanol–water partition coefficient (Wildman–Crippen LogP) is 4.74. The Kier molecular flexibility index (Phi) is 5.52. The maximum atomic E-state index is 13.3. The molecule has 0 aromatic heterocycles. The molecule has 3 aromatic carbocycles. The molecule has 0 aliphatic heterocycles. The van der Waals surface area contributed by atoms with Crippen molar-refractivity contribution < 1.29 is 24.1 Å². The van der Waals surface area contributed by atoms with Crippen LogP contribution in [0.25, 0.3) is 11.1 Å². The Morgan fingerprint density at radius 1 is 0.963 bits per heavy atom. The summed E-state index contributed by atoms with van der Waals surface area (Å²) in [4.78, 5) is 11.6. The Bertz CT molecular complexity index is 951. The third-order valence-corrected chi connectivity index (χ3v) is 4.45. The summed E-state index contributed by atoms with van der Waals surface area (Å²) < 4.78 is 19.1. The summed E-state index contributed by atoms with van der Waals surface area (Å²) >= 11 is 0. The SMILES string of the molecule is Cc1c(O)c(O)c(C=O)c(COCc2ccccc2)c1-c1ccc(F)cc1. The lowest BCUT2D eigenvalue weighted by Crippen LogP contribution is -2.04. The first kappa shape index (κ1) is 18.6. The molecule has 0 bridgehead atoms. The molecule has 0 radical (unpaired) electrons. The monoisotopic (exact) mass is 366 g/mol. The fraction of sp³-hybridized carbons (Fsp3) is 0.136. The number of carbonyl (C=O) groups excluding carboxylic acids is 1. The van der Waals surface area contributed by atoms with E-state index in [1.165, 1.54) is 12.1 Å². The Balaban J connectivity index is 2.03. The summed E-state index contributed by atoms with van der Waals surface area (Å²) in [5.41, 5.74) is 2.92. The van der Waals surface area contributed by atoms with Gasteiger partial charge in [-0.1, -0.05) is 42.5 Å². The first-order valence-electron chi connectivity index (χ1n) is 8.43. The van der Waals surface area contributed by atoms with Crippen LogP contribution in [0.2, 0.25) is 0 Å². The quantitative estimate of drug-likeness (QED) is 0.488. The predicted molar refractivity (Wildman–Crippen MR) is 100 cm³/mol. The largest absolute Gasteiger partial charge is 0.504 e. The first-order chi connectivity index (χ1) is 13.0. The van der Waals surface area contributed by atoms with Gasteiger partial charge in [0.05, 0.1) is 18.8 Å². The van der Waals surface area contributed by atoms with Gasteiger partial charge in [-0.15, -0.1) is 0 Å². The molecule has 0 spiro atoms.